The lowest BCUT2D eigenvalue weighted by molar-refractivity contribution is 0.575. The van der Waals surface area contributed by atoms with Gasteiger partial charge in [-0.3, -0.25) is 0 Å². The number of rotatable bonds is 0. The molecule has 1 heterocycles. The van der Waals surface area contributed by atoms with Crippen molar-refractivity contribution in [1.29, 1.82) is 0 Å². The van der Waals surface area contributed by atoms with Crippen molar-refractivity contribution >= 4 is 11.0 Å². The summed E-state index contributed by atoms with van der Waals surface area (Å²) in [4.78, 5) is 0. The van der Waals surface area contributed by atoms with Gasteiger partial charge in [-0.2, -0.15) is 0 Å². The SMILES string of the molecule is Cc1oc2cccccccc(C)c2c1C. The van der Waals surface area contributed by atoms with E-state index in [2.05, 4.69) is 26.0 Å². The van der Waals surface area contributed by atoms with Crippen LogP contribution in [-0.2, 0) is 0 Å². The van der Waals surface area contributed by atoms with Gasteiger partial charge in [-0.1, -0.05) is 36.4 Å². The van der Waals surface area contributed by atoms with Crippen LogP contribution in [0.25, 0.3) is 11.0 Å². The molecule has 2 aromatic rings. The van der Waals surface area contributed by atoms with E-state index in [4.69, 9.17) is 4.42 Å². The molecule has 16 heavy (non-hydrogen) atoms. The molecule has 0 aliphatic carbocycles. The molecule has 0 bridgehead atoms. The summed E-state index contributed by atoms with van der Waals surface area (Å²) < 4.78 is 5.75. The van der Waals surface area contributed by atoms with E-state index in [0.29, 0.717) is 0 Å². The van der Waals surface area contributed by atoms with Gasteiger partial charge < -0.3 is 4.42 Å². The highest BCUT2D eigenvalue weighted by Gasteiger charge is 2.05. The van der Waals surface area contributed by atoms with Crippen molar-refractivity contribution in [2.45, 2.75) is 20.8 Å². The lowest BCUT2D eigenvalue weighted by Gasteiger charge is -1.91. The third kappa shape index (κ3) is 1.94. The average Bonchev–Trinajstić information content (AvgIpc) is 2.54. The zero-order chi connectivity index (χ0) is 11.5. The Balaban J connectivity index is 2.93. The second-order valence-electron chi connectivity index (χ2n) is 4.00. The summed E-state index contributed by atoms with van der Waals surface area (Å²) in [7, 11) is 0. The van der Waals surface area contributed by atoms with Gasteiger partial charge in [0.2, 0.25) is 0 Å². The van der Waals surface area contributed by atoms with Crippen LogP contribution in [-0.4, -0.2) is 0 Å². The molecule has 0 unspecified atom stereocenters. The molecule has 1 aromatic carbocycles. The van der Waals surface area contributed by atoms with E-state index in [0.717, 1.165) is 11.3 Å². The largest absolute Gasteiger partial charge is 0.461 e. The number of furan rings is 1. The number of aryl methyl sites for hydroxylation is 3. The summed E-state index contributed by atoms with van der Waals surface area (Å²) in [5, 5.41) is 1.22. The van der Waals surface area contributed by atoms with E-state index in [9.17, 15) is 0 Å². The zero-order valence-electron chi connectivity index (χ0n) is 9.95. The maximum atomic E-state index is 5.75. The van der Waals surface area contributed by atoms with E-state index in [-0.39, 0.29) is 0 Å². The van der Waals surface area contributed by atoms with Crippen LogP contribution in [0, 0.1) is 20.8 Å². The lowest BCUT2D eigenvalue weighted by Crippen LogP contribution is -1.74. The molecule has 1 heteroatoms. The predicted molar refractivity (Wildman–Crippen MR) is 68.1 cm³/mol. The maximum Gasteiger partial charge on any atom is 0.134 e. The molecule has 0 fully saturated rings. The van der Waals surface area contributed by atoms with E-state index in [1.165, 1.54) is 16.5 Å². The molecule has 0 aliphatic heterocycles. The first kappa shape index (κ1) is 10.7. The molecule has 82 valence electrons. The molecule has 0 atom stereocenters. The molecule has 0 saturated heterocycles. The van der Waals surface area contributed by atoms with E-state index in [1.807, 2.05) is 37.3 Å². The van der Waals surface area contributed by atoms with Crippen LogP contribution in [0.3, 0.4) is 0 Å². The molecular weight excluding hydrogens is 196 g/mol. The van der Waals surface area contributed by atoms with Crippen LogP contribution in [0.5, 0.6) is 0 Å². The summed E-state index contributed by atoms with van der Waals surface area (Å²) >= 11 is 0. The maximum absolute atomic E-state index is 5.75. The van der Waals surface area contributed by atoms with E-state index in [1.54, 1.807) is 0 Å². The van der Waals surface area contributed by atoms with Crippen LogP contribution in [0.2, 0.25) is 0 Å². The minimum atomic E-state index is 0.948. The third-order valence-corrected chi connectivity index (χ3v) is 2.85. The number of hydrogen-bond acceptors (Lipinski definition) is 1. The van der Waals surface area contributed by atoms with Crippen molar-refractivity contribution in [3.05, 3.63) is 59.4 Å². The average molecular weight is 212 g/mol. The first-order valence-corrected chi connectivity index (χ1v) is 5.49. The first-order chi connectivity index (χ1) is 7.70. The zero-order valence-corrected chi connectivity index (χ0v) is 9.95. The minimum Gasteiger partial charge on any atom is -0.461 e. The van der Waals surface area contributed by atoms with Gasteiger partial charge in [-0.05, 0) is 38.0 Å². The van der Waals surface area contributed by atoms with Gasteiger partial charge in [0.25, 0.3) is 0 Å². The Morgan fingerprint density at radius 3 is 2.19 bits per heavy atom. The molecule has 0 radical (unpaired) electrons. The van der Waals surface area contributed by atoms with Gasteiger partial charge in [-0.15, -0.1) is 0 Å². The summed E-state index contributed by atoms with van der Waals surface area (Å²) in [6, 6.07) is 14.2. The molecule has 0 N–H and O–H groups in total. The Morgan fingerprint density at radius 1 is 0.812 bits per heavy atom. The monoisotopic (exact) mass is 212 g/mol. The molecule has 2 rings (SSSR count). The third-order valence-electron chi connectivity index (χ3n) is 2.85. The van der Waals surface area contributed by atoms with Crippen molar-refractivity contribution in [2.24, 2.45) is 0 Å². The van der Waals surface area contributed by atoms with Crippen LogP contribution in [0.4, 0.5) is 0 Å². The van der Waals surface area contributed by atoms with E-state index >= 15 is 0 Å². The van der Waals surface area contributed by atoms with Gasteiger partial charge in [0, 0.05) is 5.39 Å². The topological polar surface area (TPSA) is 13.1 Å². The Morgan fingerprint density at radius 2 is 1.44 bits per heavy atom. The summed E-state index contributed by atoms with van der Waals surface area (Å²) in [5.41, 5.74) is 3.41. The van der Waals surface area contributed by atoms with Gasteiger partial charge in [0.15, 0.2) is 0 Å². The van der Waals surface area contributed by atoms with Crippen molar-refractivity contribution in [3.8, 4) is 0 Å². The first-order valence-electron chi connectivity index (χ1n) is 5.49. The highest BCUT2D eigenvalue weighted by Crippen LogP contribution is 2.25. The molecule has 1 nitrogen and oxygen atoms in total. The number of fused-ring (bicyclic) bond motifs is 1. The Labute approximate surface area is 96.0 Å². The van der Waals surface area contributed by atoms with Gasteiger partial charge in [0.1, 0.15) is 11.3 Å². The fourth-order valence-electron chi connectivity index (χ4n) is 1.88. The van der Waals surface area contributed by atoms with Gasteiger partial charge in [0.05, 0.1) is 0 Å². The van der Waals surface area contributed by atoms with Crippen LogP contribution < -0.4 is 0 Å². The summed E-state index contributed by atoms with van der Waals surface area (Å²) in [6.07, 6.45) is 0. The minimum absolute atomic E-state index is 0.948. The summed E-state index contributed by atoms with van der Waals surface area (Å²) in [6.45, 7) is 6.23. The van der Waals surface area contributed by atoms with Gasteiger partial charge >= 0.3 is 0 Å². The fraction of sp³-hybridized carbons (Fsp3) is 0.200. The lowest BCUT2D eigenvalue weighted by atomic mass is 10.1. The summed E-state index contributed by atoms with van der Waals surface area (Å²) in [5.74, 6) is 0.995. The van der Waals surface area contributed by atoms with Crippen molar-refractivity contribution in [3.63, 3.8) is 0 Å². The quantitative estimate of drug-likeness (QED) is 0.627. The second kappa shape index (κ2) is 4.40. The van der Waals surface area contributed by atoms with Crippen LogP contribution in [0.15, 0.2) is 46.9 Å². The van der Waals surface area contributed by atoms with Crippen molar-refractivity contribution in [1.82, 2.24) is 0 Å². The smallest absolute Gasteiger partial charge is 0.134 e. The molecule has 1 aromatic heterocycles. The van der Waals surface area contributed by atoms with Crippen molar-refractivity contribution in [2.75, 3.05) is 0 Å². The molecule has 0 aliphatic rings. The van der Waals surface area contributed by atoms with Crippen LogP contribution >= 0.6 is 0 Å². The van der Waals surface area contributed by atoms with Crippen molar-refractivity contribution < 1.29 is 4.42 Å². The molecule has 0 spiro atoms. The molecule has 0 saturated carbocycles. The molecular formula is C15H16O. The predicted octanol–water partition coefficient (Wildman–Crippen LogP) is 4.48. The molecule has 0 amide bonds. The Hall–Kier alpha value is -1.76. The van der Waals surface area contributed by atoms with Gasteiger partial charge in [-0.25, -0.2) is 0 Å². The highest BCUT2D eigenvalue weighted by atomic mass is 16.3. The number of hydrogen-bond donors (Lipinski definition) is 0. The second-order valence-corrected chi connectivity index (χ2v) is 4.00. The standard InChI is InChI=1S/C15H16O/c1-11-9-7-5-4-6-8-10-14-15(11)12(2)13(3)16-14/h4-10H,1-3H3. The highest BCUT2D eigenvalue weighted by molar-refractivity contribution is 5.84. The Bertz CT molecular complexity index is 563. The fourth-order valence-corrected chi connectivity index (χ4v) is 1.88. The van der Waals surface area contributed by atoms with Crippen LogP contribution in [0.1, 0.15) is 16.9 Å². The van der Waals surface area contributed by atoms with E-state index < -0.39 is 0 Å². The normalized spacial score (nSPS) is 10.2. The Kier molecular flexibility index (Phi) is 2.95.